The van der Waals surface area contributed by atoms with Crippen LogP contribution in [0.25, 0.3) is 0 Å². The largest absolute Gasteiger partial charge is 0.402 e. The summed E-state index contributed by atoms with van der Waals surface area (Å²) < 4.78 is 60.5. The van der Waals surface area contributed by atoms with Crippen LogP contribution in [0.5, 0.6) is 0 Å². The number of nitrogens with two attached hydrogens (primary N) is 1. The minimum atomic E-state index is -4.55. The Kier molecular flexibility index (Phi) is 3.53. The zero-order valence-electron chi connectivity index (χ0n) is 8.71. The molecule has 0 aliphatic carbocycles. The molecule has 0 unspecified atom stereocenters. The summed E-state index contributed by atoms with van der Waals surface area (Å²) in [5.41, 5.74) is 5.11. The Morgan fingerprint density at radius 1 is 1.44 bits per heavy atom. The van der Waals surface area contributed by atoms with E-state index in [2.05, 4.69) is 0 Å². The van der Waals surface area contributed by atoms with Gasteiger partial charge in [-0.2, -0.15) is 30.6 Å². The van der Waals surface area contributed by atoms with Crippen LogP contribution in [0.3, 0.4) is 0 Å². The van der Waals surface area contributed by atoms with Crippen LogP contribution in [0.2, 0.25) is 0 Å². The van der Waals surface area contributed by atoms with E-state index in [9.17, 15) is 21.6 Å². The summed E-state index contributed by atoms with van der Waals surface area (Å²) in [6, 6.07) is 0. The highest BCUT2D eigenvalue weighted by Gasteiger charge is 2.44. The molecule has 0 radical (unpaired) electrons. The normalized spacial score (nSPS) is 21.8. The number of hydrogen-bond donors (Lipinski definition) is 2. The van der Waals surface area contributed by atoms with E-state index in [1.165, 1.54) is 4.72 Å². The number of alkyl halides is 3. The van der Waals surface area contributed by atoms with Crippen LogP contribution in [0.1, 0.15) is 13.3 Å². The molecular formula is C7H14F3N3O2S. The first kappa shape index (κ1) is 13.7. The maximum Gasteiger partial charge on any atom is 0.402 e. The lowest BCUT2D eigenvalue weighted by Gasteiger charge is -2.45. The second-order valence-electron chi connectivity index (χ2n) is 3.93. The van der Waals surface area contributed by atoms with Crippen molar-refractivity contribution in [3.63, 3.8) is 0 Å². The van der Waals surface area contributed by atoms with Gasteiger partial charge in [0.2, 0.25) is 0 Å². The first-order chi connectivity index (χ1) is 7.08. The molecule has 3 N–H and O–H groups in total. The number of nitrogens with one attached hydrogen (secondary N) is 1. The van der Waals surface area contributed by atoms with Crippen molar-refractivity contribution in [2.45, 2.75) is 25.1 Å². The molecular weight excluding hydrogens is 247 g/mol. The van der Waals surface area contributed by atoms with Gasteiger partial charge in [0.1, 0.15) is 6.54 Å². The molecule has 9 heteroatoms. The van der Waals surface area contributed by atoms with Crippen LogP contribution in [0, 0.1) is 0 Å². The molecule has 0 aromatic carbocycles. The van der Waals surface area contributed by atoms with Crippen LogP contribution in [-0.2, 0) is 10.2 Å². The SMILES string of the molecule is CCC1(N)CN(S(=O)(=O)NCC(F)(F)F)C1. The van der Waals surface area contributed by atoms with Gasteiger partial charge >= 0.3 is 6.18 Å². The molecule has 0 saturated carbocycles. The fraction of sp³-hybridized carbons (Fsp3) is 1.00. The molecule has 0 bridgehead atoms. The fourth-order valence-corrected chi connectivity index (χ4v) is 2.70. The van der Waals surface area contributed by atoms with Crippen molar-refractivity contribution >= 4 is 10.2 Å². The molecule has 1 aliphatic heterocycles. The van der Waals surface area contributed by atoms with Gasteiger partial charge in [-0.05, 0) is 6.42 Å². The van der Waals surface area contributed by atoms with E-state index in [-0.39, 0.29) is 13.1 Å². The van der Waals surface area contributed by atoms with Gasteiger partial charge in [0.25, 0.3) is 10.2 Å². The van der Waals surface area contributed by atoms with Crippen LogP contribution >= 0.6 is 0 Å². The average Bonchev–Trinajstić information content (AvgIpc) is 2.09. The first-order valence-electron chi connectivity index (χ1n) is 4.68. The lowest BCUT2D eigenvalue weighted by molar-refractivity contribution is -0.121. The molecule has 1 aliphatic rings. The van der Waals surface area contributed by atoms with Crippen molar-refractivity contribution < 1.29 is 21.6 Å². The first-order valence-corrected chi connectivity index (χ1v) is 6.12. The van der Waals surface area contributed by atoms with Gasteiger partial charge in [-0.15, -0.1) is 0 Å². The van der Waals surface area contributed by atoms with Crippen LogP contribution in [0.4, 0.5) is 13.2 Å². The predicted octanol–water partition coefficient (Wildman–Crippen LogP) is -0.194. The molecule has 0 aromatic heterocycles. The Balaban J connectivity index is 2.49. The Bertz CT molecular complexity index is 348. The third kappa shape index (κ3) is 3.30. The van der Waals surface area contributed by atoms with E-state index in [1.54, 1.807) is 6.92 Å². The summed E-state index contributed by atoms with van der Waals surface area (Å²) in [4.78, 5) is 0. The Morgan fingerprint density at radius 3 is 2.31 bits per heavy atom. The van der Waals surface area contributed by atoms with Gasteiger partial charge in [-0.25, -0.2) is 0 Å². The molecule has 16 heavy (non-hydrogen) atoms. The highest BCUT2D eigenvalue weighted by atomic mass is 32.2. The number of halogens is 3. The second-order valence-corrected chi connectivity index (χ2v) is 5.68. The number of nitrogens with zero attached hydrogens (tertiary/aromatic N) is 1. The molecule has 1 rings (SSSR count). The van der Waals surface area contributed by atoms with E-state index in [0.29, 0.717) is 6.42 Å². The zero-order valence-corrected chi connectivity index (χ0v) is 9.53. The minimum absolute atomic E-state index is 0.0523. The van der Waals surface area contributed by atoms with E-state index in [1.807, 2.05) is 0 Å². The van der Waals surface area contributed by atoms with Crippen molar-refractivity contribution in [3.8, 4) is 0 Å². The van der Waals surface area contributed by atoms with Gasteiger partial charge in [0, 0.05) is 18.6 Å². The van der Waals surface area contributed by atoms with Crippen LogP contribution in [0.15, 0.2) is 0 Å². The summed E-state index contributed by atoms with van der Waals surface area (Å²) in [5.74, 6) is 0. The molecule has 96 valence electrons. The van der Waals surface area contributed by atoms with E-state index in [4.69, 9.17) is 5.73 Å². The third-order valence-electron chi connectivity index (χ3n) is 2.48. The van der Waals surface area contributed by atoms with Crippen molar-refractivity contribution in [2.24, 2.45) is 5.73 Å². The van der Waals surface area contributed by atoms with Gasteiger partial charge in [-0.1, -0.05) is 6.92 Å². The van der Waals surface area contributed by atoms with Crippen molar-refractivity contribution in [1.82, 2.24) is 9.03 Å². The zero-order chi connectivity index (χ0) is 12.6. The highest BCUT2D eigenvalue weighted by molar-refractivity contribution is 7.87. The Morgan fingerprint density at radius 2 is 1.94 bits per heavy atom. The molecule has 1 heterocycles. The number of rotatable bonds is 4. The smallest absolute Gasteiger partial charge is 0.323 e. The molecule has 1 saturated heterocycles. The van der Waals surface area contributed by atoms with E-state index in [0.717, 1.165) is 4.31 Å². The van der Waals surface area contributed by atoms with Crippen molar-refractivity contribution in [3.05, 3.63) is 0 Å². The summed E-state index contributed by atoms with van der Waals surface area (Å²) in [6.45, 7) is 0.343. The predicted molar refractivity (Wildman–Crippen MR) is 51.8 cm³/mol. The second kappa shape index (κ2) is 4.13. The summed E-state index contributed by atoms with van der Waals surface area (Å²) in [6.07, 6.45) is -3.97. The van der Waals surface area contributed by atoms with Crippen LogP contribution in [-0.4, -0.2) is 44.1 Å². The summed E-state index contributed by atoms with van der Waals surface area (Å²) in [5, 5.41) is 0. The fourth-order valence-electron chi connectivity index (χ4n) is 1.31. The van der Waals surface area contributed by atoms with Gasteiger partial charge in [0.15, 0.2) is 0 Å². The average molecular weight is 261 g/mol. The lowest BCUT2D eigenvalue weighted by Crippen LogP contribution is -2.69. The van der Waals surface area contributed by atoms with Gasteiger partial charge in [-0.3, -0.25) is 0 Å². The molecule has 0 spiro atoms. The molecule has 5 nitrogen and oxygen atoms in total. The maximum atomic E-state index is 11.8. The topological polar surface area (TPSA) is 75.4 Å². The number of hydrogen-bond acceptors (Lipinski definition) is 3. The Labute approximate surface area is 92.0 Å². The minimum Gasteiger partial charge on any atom is -0.323 e. The molecule has 0 amide bonds. The monoisotopic (exact) mass is 261 g/mol. The van der Waals surface area contributed by atoms with Crippen LogP contribution < -0.4 is 10.5 Å². The van der Waals surface area contributed by atoms with E-state index >= 15 is 0 Å². The highest BCUT2D eigenvalue weighted by Crippen LogP contribution is 2.24. The van der Waals surface area contributed by atoms with Gasteiger partial charge in [0.05, 0.1) is 0 Å². The van der Waals surface area contributed by atoms with Crippen molar-refractivity contribution in [2.75, 3.05) is 19.6 Å². The summed E-state index contributed by atoms with van der Waals surface area (Å²) in [7, 11) is -4.05. The Hall–Kier alpha value is -0.380. The molecule has 0 aromatic rings. The van der Waals surface area contributed by atoms with Crippen molar-refractivity contribution in [1.29, 1.82) is 0 Å². The van der Waals surface area contributed by atoms with Gasteiger partial charge < -0.3 is 5.73 Å². The lowest BCUT2D eigenvalue weighted by atomic mass is 9.91. The maximum absolute atomic E-state index is 11.8. The standard InChI is InChI=1S/C7H14F3N3O2S/c1-2-6(11)4-13(5-6)16(14,15)12-3-7(8,9)10/h12H,2-5,11H2,1H3. The quantitative estimate of drug-likeness (QED) is 0.736. The molecule has 1 fully saturated rings. The third-order valence-corrected chi connectivity index (χ3v) is 3.93. The molecule has 0 atom stereocenters. The van der Waals surface area contributed by atoms with E-state index < -0.39 is 28.5 Å². The summed E-state index contributed by atoms with van der Waals surface area (Å²) >= 11 is 0.